The van der Waals surface area contributed by atoms with Gasteiger partial charge in [-0.15, -0.1) is 11.3 Å². The second-order valence-electron chi connectivity index (χ2n) is 6.15. The molecule has 1 N–H and O–H groups in total. The van der Waals surface area contributed by atoms with E-state index in [2.05, 4.69) is 5.32 Å². The molecule has 0 atom stereocenters. The zero-order chi connectivity index (χ0) is 20.8. The molecule has 3 rings (SSSR count). The zero-order valence-corrected chi connectivity index (χ0v) is 17.9. The Morgan fingerprint density at radius 3 is 2.45 bits per heavy atom. The molecule has 3 aromatic rings. The third-order valence-electron chi connectivity index (χ3n) is 4.09. The molecule has 2 amide bonds. The number of hydrogen-bond donors (Lipinski definition) is 1. The lowest BCUT2D eigenvalue weighted by atomic mass is 10.2. The van der Waals surface area contributed by atoms with Gasteiger partial charge in [0.1, 0.15) is 12.3 Å². The lowest BCUT2D eigenvalue weighted by Gasteiger charge is -2.22. The van der Waals surface area contributed by atoms with Gasteiger partial charge in [0.2, 0.25) is 5.91 Å². The normalized spacial score (nSPS) is 10.4. The number of hydrogen-bond acceptors (Lipinski definition) is 4. The van der Waals surface area contributed by atoms with Crippen LogP contribution in [0.5, 0.6) is 5.75 Å². The van der Waals surface area contributed by atoms with Crippen molar-refractivity contribution in [3.63, 3.8) is 0 Å². The fourth-order valence-corrected chi connectivity index (χ4v) is 3.67. The van der Waals surface area contributed by atoms with E-state index in [0.29, 0.717) is 33.6 Å². The van der Waals surface area contributed by atoms with Crippen molar-refractivity contribution in [1.29, 1.82) is 0 Å². The summed E-state index contributed by atoms with van der Waals surface area (Å²) in [5.41, 5.74) is 0.988. The summed E-state index contributed by atoms with van der Waals surface area (Å²) < 4.78 is 5.14. The van der Waals surface area contributed by atoms with Gasteiger partial charge in [0.05, 0.1) is 23.7 Å². The molecule has 150 valence electrons. The van der Waals surface area contributed by atoms with E-state index in [0.717, 1.165) is 4.88 Å². The van der Waals surface area contributed by atoms with Gasteiger partial charge in [-0.1, -0.05) is 29.3 Å². The van der Waals surface area contributed by atoms with E-state index in [1.54, 1.807) is 49.6 Å². The number of halogens is 2. The van der Waals surface area contributed by atoms with Crippen molar-refractivity contribution in [2.24, 2.45) is 0 Å². The molecule has 2 aromatic carbocycles. The van der Waals surface area contributed by atoms with Crippen molar-refractivity contribution in [2.75, 3.05) is 19.0 Å². The van der Waals surface area contributed by atoms with Gasteiger partial charge in [-0.25, -0.2) is 0 Å². The number of benzene rings is 2. The monoisotopic (exact) mass is 448 g/mol. The number of carbonyl (C=O) groups is 2. The third-order valence-corrected chi connectivity index (χ3v) is 5.69. The zero-order valence-electron chi connectivity index (χ0n) is 15.5. The SMILES string of the molecule is COc1ccc(C(=O)N(CC(=O)Nc2ccc(Cl)c(Cl)c2)Cc2cccs2)cc1. The largest absolute Gasteiger partial charge is 0.497 e. The van der Waals surface area contributed by atoms with Crippen molar-refractivity contribution < 1.29 is 14.3 Å². The predicted octanol–water partition coefficient (Wildman–Crippen LogP) is 5.34. The van der Waals surface area contributed by atoms with Crippen molar-refractivity contribution in [3.8, 4) is 5.75 Å². The molecule has 29 heavy (non-hydrogen) atoms. The van der Waals surface area contributed by atoms with Gasteiger partial charge >= 0.3 is 0 Å². The van der Waals surface area contributed by atoms with Gasteiger partial charge < -0.3 is 15.0 Å². The second-order valence-corrected chi connectivity index (χ2v) is 7.99. The quantitative estimate of drug-likeness (QED) is 0.530. The first-order valence-corrected chi connectivity index (χ1v) is 10.3. The summed E-state index contributed by atoms with van der Waals surface area (Å²) in [7, 11) is 1.56. The first kappa shape index (κ1) is 21.2. The van der Waals surface area contributed by atoms with E-state index in [1.165, 1.54) is 16.2 Å². The van der Waals surface area contributed by atoms with Crippen LogP contribution in [0.4, 0.5) is 5.69 Å². The van der Waals surface area contributed by atoms with Crippen LogP contribution in [-0.2, 0) is 11.3 Å². The average molecular weight is 449 g/mol. The van der Waals surface area contributed by atoms with Crippen LogP contribution >= 0.6 is 34.5 Å². The number of anilines is 1. The number of thiophene rings is 1. The molecule has 1 aromatic heterocycles. The van der Waals surface area contributed by atoms with E-state index in [9.17, 15) is 9.59 Å². The van der Waals surface area contributed by atoms with Gasteiger partial charge in [-0.3, -0.25) is 9.59 Å². The molecule has 5 nitrogen and oxygen atoms in total. The van der Waals surface area contributed by atoms with E-state index in [4.69, 9.17) is 27.9 Å². The minimum absolute atomic E-state index is 0.108. The first-order valence-electron chi connectivity index (χ1n) is 8.67. The molecule has 0 aliphatic rings. The predicted molar refractivity (Wildman–Crippen MR) is 117 cm³/mol. The molecule has 0 saturated heterocycles. The third kappa shape index (κ3) is 5.73. The highest BCUT2D eigenvalue weighted by molar-refractivity contribution is 7.09. The molecular formula is C21H18Cl2N2O3S. The van der Waals surface area contributed by atoms with Gasteiger partial charge in [-0.05, 0) is 53.9 Å². The van der Waals surface area contributed by atoms with Crippen LogP contribution in [-0.4, -0.2) is 30.4 Å². The Morgan fingerprint density at radius 2 is 1.83 bits per heavy atom. The van der Waals surface area contributed by atoms with E-state index >= 15 is 0 Å². The van der Waals surface area contributed by atoms with Gasteiger partial charge in [0, 0.05) is 16.1 Å². The first-order chi connectivity index (χ1) is 14.0. The van der Waals surface area contributed by atoms with Gasteiger partial charge in [0.15, 0.2) is 0 Å². The lowest BCUT2D eigenvalue weighted by Crippen LogP contribution is -2.37. The fourth-order valence-electron chi connectivity index (χ4n) is 2.65. The van der Waals surface area contributed by atoms with Crippen LogP contribution in [0.2, 0.25) is 10.0 Å². The molecule has 0 bridgehead atoms. The van der Waals surface area contributed by atoms with Crippen molar-refractivity contribution >= 4 is 52.0 Å². The summed E-state index contributed by atoms with van der Waals surface area (Å²) >= 11 is 13.4. The molecule has 0 aliphatic heterocycles. The van der Waals surface area contributed by atoms with E-state index in [-0.39, 0.29) is 18.4 Å². The van der Waals surface area contributed by atoms with Crippen LogP contribution in [0.15, 0.2) is 60.0 Å². The molecule has 1 heterocycles. The summed E-state index contributed by atoms with van der Waals surface area (Å²) in [5, 5.41) is 5.43. The highest BCUT2D eigenvalue weighted by Gasteiger charge is 2.20. The maximum atomic E-state index is 13.0. The van der Waals surface area contributed by atoms with Crippen molar-refractivity contribution in [3.05, 3.63) is 80.5 Å². The van der Waals surface area contributed by atoms with Crippen LogP contribution < -0.4 is 10.1 Å². The number of methoxy groups -OCH3 is 1. The highest BCUT2D eigenvalue weighted by atomic mass is 35.5. The minimum atomic E-state index is -0.332. The molecule has 0 spiro atoms. The smallest absolute Gasteiger partial charge is 0.254 e. The molecule has 0 fully saturated rings. The number of ether oxygens (including phenoxy) is 1. The Hall–Kier alpha value is -2.54. The van der Waals surface area contributed by atoms with Crippen LogP contribution in [0.1, 0.15) is 15.2 Å². The van der Waals surface area contributed by atoms with Crippen LogP contribution in [0.25, 0.3) is 0 Å². The van der Waals surface area contributed by atoms with E-state index in [1.807, 2.05) is 17.5 Å². The van der Waals surface area contributed by atoms with Crippen molar-refractivity contribution in [2.45, 2.75) is 6.54 Å². The summed E-state index contributed by atoms with van der Waals surface area (Å²) in [6.07, 6.45) is 0. The molecule has 0 saturated carbocycles. The number of carbonyl (C=O) groups excluding carboxylic acids is 2. The number of nitrogens with one attached hydrogen (secondary N) is 1. The molecule has 0 aliphatic carbocycles. The molecule has 0 unspecified atom stereocenters. The standard InChI is InChI=1S/C21H18Cl2N2O3S/c1-28-16-7-4-14(5-8-16)21(27)25(12-17-3-2-10-29-17)13-20(26)24-15-6-9-18(22)19(23)11-15/h2-11H,12-13H2,1H3,(H,24,26). The topological polar surface area (TPSA) is 58.6 Å². The minimum Gasteiger partial charge on any atom is -0.497 e. The maximum absolute atomic E-state index is 13.0. The summed E-state index contributed by atoms with van der Waals surface area (Å²) in [5.74, 6) is 0.0795. The Kier molecular flexibility index (Phi) is 7.14. The fraction of sp³-hybridized carbons (Fsp3) is 0.143. The summed E-state index contributed by atoms with van der Waals surface area (Å²) in [4.78, 5) is 28.1. The maximum Gasteiger partial charge on any atom is 0.254 e. The van der Waals surface area contributed by atoms with Crippen molar-refractivity contribution in [1.82, 2.24) is 4.90 Å². The highest BCUT2D eigenvalue weighted by Crippen LogP contribution is 2.25. The molecule has 8 heteroatoms. The molecule has 0 radical (unpaired) electrons. The van der Waals surface area contributed by atoms with Crippen LogP contribution in [0, 0.1) is 0 Å². The van der Waals surface area contributed by atoms with Gasteiger partial charge in [0.25, 0.3) is 5.91 Å². The number of nitrogens with zero attached hydrogens (tertiary/aromatic N) is 1. The average Bonchev–Trinajstić information content (AvgIpc) is 3.23. The van der Waals surface area contributed by atoms with Crippen LogP contribution in [0.3, 0.4) is 0 Å². The van der Waals surface area contributed by atoms with Gasteiger partial charge in [-0.2, -0.15) is 0 Å². The Morgan fingerprint density at radius 1 is 1.07 bits per heavy atom. The molecular weight excluding hydrogens is 431 g/mol. The second kappa shape index (κ2) is 9.78. The Balaban J connectivity index is 1.75. The lowest BCUT2D eigenvalue weighted by molar-refractivity contribution is -0.117. The Labute approximate surface area is 182 Å². The summed E-state index contributed by atoms with van der Waals surface area (Å²) in [6.45, 7) is 0.223. The number of amides is 2. The summed E-state index contributed by atoms with van der Waals surface area (Å²) in [6, 6.07) is 15.4. The number of rotatable bonds is 7. The Bertz CT molecular complexity index is 992. The van der Waals surface area contributed by atoms with E-state index < -0.39 is 0 Å².